The SMILES string of the molecule is CCOC(=O)C1=CCC(c2ccccc2)NC1. The van der Waals surface area contributed by atoms with Crippen LogP contribution in [-0.4, -0.2) is 19.1 Å². The Hall–Kier alpha value is -1.61. The molecule has 0 saturated carbocycles. The van der Waals surface area contributed by atoms with Crippen molar-refractivity contribution in [3.63, 3.8) is 0 Å². The fourth-order valence-electron chi connectivity index (χ4n) is 1.97. The van der Waals surface area contributed by atoms with E-state index in [-0.39, 0.29) is 5.97 Å². The number of rotatable bonds is 3. The first-order valence-corrected chi connectivity index (χ1v) is 5.95. The number of hydrogen-bond donors (Lipinski definition) is 1. The van der Waals surface area contributed by atoms with Gasteiger partial charge < -0.3 is 10.1 Å². The third kappa shape index (κ3) is 2.94. The molecular weight excluding hydrogens is 214 g/mol. The van der Waals surface area contributed by atoms with Crippen molar-refractivity contribution < 1.29 is 9.53 Å². The molecule has 3 heteroatoms. The number of esters is 1. The van der Waals surface area contributed by atoms with Crippen molar-refractivity contribution >= 4 is 5.97 Å². The predicted octanol–water partition coefficient (Wildman–Crippen LogP) is 2.21. The first kappa shape index (κ1) is 11.9. The van der Waals surface area contributed by atoms with Crippen LogP contribution in [0.2, 0.25) is 0 Å². The van der Waals surface area contributed by atoms with Gasteiger partial charge in [0.05, 0.1) is 6.61 Å². The average Bonchev–Trinajstić information content (AvgIpc) is 2.40. The molecule has 1 aromatic rings. The van der Waals surface area contributed by atoms with Crippen molar-refractivity contribution in [3.8, 4) is 0 Å². The van der Waals surface area contributed by atoms with Gasteiger partial charge in [-0.25, -0.2) is 4.79 Å². The second-order valence-corrected chi connectivity index (χ2v) is 4.03. The third-order valence-corrected chi connectivity index (χ3v) is 2.88. The Kier molecular flexibility index (Phi) is 3.94. The Morgan fingerprint density at radius 3 is 2.76 bits per heavy atom. The summed E-state index contributed by atoms with van der Waals surface area (Å²) in [7, 11) is 0. The standard InChI is InChI=1S/C14H17NO2/c1-2-17-14(16)12-8-9-13(15-10-12)11-6-4-3-5-7-11/h3-8,13,15H,2,9-10H2,1H3. The van der Waals surface area contributed by atoms with Crippen molar-refractivity contribution in [2.24, 2.45) is 0 Å². The zero-order chi connectivity index (χ0) is 12.1. The summed E-state index contributed by atoms with van der Waals surface area (Å²) >= 11 is 0. The molecule has 0 aliphatic carbocycles. The highest BCUT2D eigenvalue weighted by Gasteiger charge is 2.19. The lowest BCUT2D eigenvalue weighted by atomic mass is 9.98. The van der Waals surface area contributed by atoms with Crippen molar-refractivity contribution in [3.05, 3.63) is 47.5 Å². The van der Waals surface area contributed by atoms with E-state index < -0.39 is 0 Å². The summed E-state index contributed by atoms with van der Waals surface area (Å²) in [6.45, 7) is 2.83. The molecule has 3 nitrogen and oxygen atoms in total. The molecule has 1 heterocycles. The van der Waals surface area contributed by atoms with Crippen LogP contribution in [0.4, 0.5) is 0 Å². The zero-order valence-corrected chi connectivity index (χ0v) is 9.98. The third-order valence-electron chi connectivity index (χ3n) is 2.88. The van der Waals surface area contributed by atoms with Crippen molar-refractivity contribution in [2.45, 2.75) is 19.4 Å². The smallest absolute Gasteiger partial charge is 0.334 e. The number of hydrogen-bond acceptors (Lipinski definition) is 3. The monoisotopic (exact) mass is 231 g/mol. The van der Waals surface area contributed by atoms with E-state index >= 15 is 0 Å². The molecule has 1 atom stereocenters. The van der Waals surface area contributed by atoms with E-state index in [9.17, 15) is 4.79 Å². The van der Waals surface area contributed by atoms with Crippen LogP contribution in [0.25, 0.3) is 0 Å². The van der Waals surface area contributed by atoms with E-state index in [4.69, 9.17) is 4.74 Å². The molecule has 1 aliphatic heterocycles. The molecule has 0 spiro atoms. The largest absolute Gasteiger partial charge is 0.463 e. The summed E-state index contributed by atoms with van der Waals surface area (Å²) in [6.07, 6.45) is 2.81. The van der Waals surface area contributed by atoms with Crippen molar-refractivity contribution in [2.75, 3.05) is 13.2 Å². The summed E-state index contributed by atoms with van der Waals surface area (Å²) in [5, 5.41) is 3.36. The maximum atomic E-state index is 11.5. The minimum atomic E-state index is -0.202. The summed E-state index contributed by atoms with van der Waals surface area (Å²) in [4.78, 5) is 11.5. The highest BCUT2D eigenvalue weighted by Crippen LogP contribution is 2.21. The van der Waals surface area contributed by atoms with Crippen LogP contribution >= 0.6 is 0 Å². The molecule has 1 aromatic carbocycles. The number of ether oxygens (including phenoxy) is 1. The van der Waals surface area contributed by atoms with E-state index in [1.165, 1.54) is 5.56 Å². The lowest BCUT2D eigenvalue weighted by molar-refractivity contribution is -0.138. The van der Waals surface area contributed by atoms with Crippen LogP contribution in [0, 0.1) is 0 Å². The Labute approximate surface area is 101 Å². The minimum Gasteiger partial charge on any atom is -0.463 e. The molecule has 0 amide bonds. The summed E-state index contributed by atoms with van der Waals surface area (Å²) in [5.74, 6) is -0.202. The normalized spacial score (nSPS) is 19.6. The van der Waals surface area contributed by atoms with Gasteiger partial charge in [0.1, 0.15) is 0 Å². The first-order valence-electron chi connectivity index (χ1n) is 5.95. The van der Waals surface area contributed by atoms with Gasteiger partial charge in [-0.05, 0) is 18.9 Å². The highest BCUT2D eigenvalue weighted by atomic mass is 16.5. The van der Waals surface area contributed by atoms with Gasteiger partial charge in [0.2, 0.25) is 0 Å². The van der Waals surface area contributed by atoms with Gasteiger partial charge in [0.15, 0.2) is 0 Å². The van der Waals surface area contributed by atoms with Crippen LogP contribution in [-0.2, 0) is 9.53 Å². The lowest BCUT2D eigenvalue weighted by Crippen LogP contribution is -2.30. The van der Waals surface area contributed by atoms with Crippen LogP contribution in [0.3, 0.4) is 0 Å². The molecule has 90 valence electrons. The lowest BCUT2D eigenvalue weighted by Gasteiger charge is -2.23. The maximum absolute atomic E-state index is 11.5. The fourth-order valence-corrected chi connectivity index (χ4v) is 1.97. The molecule has 0 aromatic heterocycles. The second kappa shape index (κ2) is 5.64. The number of nitrogens with one attached hydrogen (secondary N) is 1. The second-order valence-electron chi connectivity index (χ2n) is 4.03. The van der Waals surface area contributed by atoms with Gasteiger partial charge in [-0.2, -0.15) is 0 Å². The van der Waals surface area contributed by atoms with Crippen LogP contribution in [0.1, 0.15) is 24.9 Å². The molecule has 1 aliphatic rings. The maximum Gasteiger partial charge on any atom is 0.334 e. The van der Waals surface area contributed by atoms with Gasteiger partial charge in [0.25, 0.3) is 0 Å². The fraction of sp³-hybridized carbons (Fsp3) is 0.357. The average molecular weight is 231 g/mol. The molecule has 0 fully saturated rings. The Bertz CT molecular complexity index is 411. The zero-order valence-electron chi connectivity index (χ0n) is 9.98. The molecule has 2 rings (SSSR count). The molecule has 0 bridgehead atoms. The summed E-state index contributed by atoms with van der Waals surface area (Å²) in [5.41, 5.74) is 1.99. The van der Waals surface area contributed by atoms with E-state index in [1.54, 1.807) is 0 Å². The number of benzene rings is 1. The summed E-state index contributed by atoms with van der Waals surface area (Å²) < 4.78 is 4.98. The highest BCUT2D eigenvalue weighted by molar-refractivity contribution is 5.89. The van der Waals surface area contributed by atoms with Crippen molar-refractivity contribution in [1.82, 2.24) is 5.32 Å². The Morgan fingerprint density at radius 1 is 1.41 bits per heavy atom. The van der Waals surface area contributed by atoms with Crippen LogP contribution in [0.5, 0.6) is 0 Å². The van der Waals surface area contributed by atoms with E-state index in [1.807, 2.05) is 31.2 Å². The van der Waals surface area contributed by atoms with Gasteiger partial charge >= 0.3 is 5.97 Å². The number of carbonyl (C=O) groups excluding carboxylic acids is 1. The molecule has 1 N–H and O–H groups in total. The van der Waals surface area contributed by atoms with E-state index in [2.05, 4.69) is 17.4 Å². The van der Waals surface area contributed by atoms with Crippen molar-refractivity contribution in [1.29, 1.82) is 0 Å². The Morgan fingerprint density at radius 2 is 2.18 bits per heavy atom. The molecule has 0 saturated heterocycles. The van der Waals surface area contributed by atoms with Gasteiger partial charge in [0, 0.05) is 18.2 Å². The van der Waals surface area contributed by atoms with E-state index in [0.717, 1.165) is 12.0 Å². The van der Waals surface area contributed by atoms with Crippen LogP contribution < -0.4 is 5.32 Å². The molecule has 1 unspecified atom stereocenters. The van der Waals surface area contributed by atoms with Crippen LogP contribution in [0.15, 0.2) is 42.0 Å². The quantitative estimate of drug-likeness (QED) is 0.810. The van der Waals surface area contributed by atoms with Gasteiger partial charge in [-0.3, -0.25) is 0 Å². The minimum absolute atomic E-state index is 0.202. The molecule has 17 heavy (non-hydrogen) atoms. The van der Waals surface area contributed by atoms with Gasteiger partial charge in [-0.15, -0.1) is 0 Å². The number of carbonyl (C=O) groups is 1. The van der Waals surface area contributed by atoms with E-state index in [0.29, 0.717) is 19.2 Å². The molecule has 0 radical (unpaired) electrons. The predicted molar refractivity (Wildman–Crippen MR) is 66.5 cm³/mol. The van der Waals surface area contributed by atoms with Gasteiger partial charge in [-0.1, -0.05) is 36.4 Å². The first-order chi connectivity index (χ1) is 8.31. The molecular formula is C14H17NO2. The summed E-state index contributed by atoms with van der Waals surface area (Å²) in [6, 6.07) is 10.6. The Balaban J connectivity index is 2.00. The topological polar surface area (TPSA) is 38.3 Å².